The van der Waals surface area contributed by atoms with Crippen LogP contribution in [0.1, 0.15) is 37.2 Å². The Balaban J connectivity index is 1.63. The average molecular weight is 291 g/mol. The summed E-state index contributed by atoms with van der Waals surface area (Å²) in [5, 5.41) is 0. The van der Waals surface area contributed by atoms with E-state index in [1.165, 1.54) is 0 Å². The van der Waals surface area contributed by atoms with Crippen LogP contribution in [-0.2, 0) is 4.74 Å². The summed E-state index contributed by atoms with van der Waals surface area (Å²) in [6.07, 6.45) is 4.58. The molecule has 0 saturated carbocycles. The van der Waals surface area contributed by atoms with E-state index in [0.29, 0.717) is 11.7 Å². The molecular formula is C16H25N3O2. The first-order valence-electron chi connectivity index (χ1n) is 7.95. The fourth-order valence-electron chi connectivity index (χ4n) is 3.64. The van der Waals surface area contributed by atoms with Gasteiger partial charge in [-0.2, -0.15) is 0 Å². The van der Waals surface area contributed by atoms with E-state index < -0.39 is 0 Å². The van der Waals surface area contributed by atoms with E-state index in [2.05, 4.69) is 23.7 Å². The molecule has 2 aliphatic rings. The third-order valence-corrected chi connectivity index (χ3v) is 4.43. The standard InChI is InChI=1S/C16H25N3O2/c1-12-9-18(10-13(2)21-12)11-14-5-4-8-19(14)16(20)15-6-3-7-17-15/h3,6-7,12-14,17H,4-5,8-11H2,1-2H3. The summed E-state index contributed by atoms with van der Waals surface area (Å²) in [4.78, 5) is 20.1. The number of hydrogen-bond donors (Lipinski definition) is 1. The maximum atomic E-state index is 12.5. The van der Waals surface area contributed by atoms with Crippen LogP contribution in [0.4, 0.5) is 0 Å². The molecule has 3 rings (SSSR count). The number of aromatic nitrogens is 1. The molecule has 2 aliphatic heterocycles. The molecule has 3 heterocycles. The normalized spacial score (nSPS) is 30.8. The van der Waals surface area contributed by atoms with Gasteiger partial charge in [0.05, 0.1) is 12.2 Å². The third-order valence-electron chi connectivity index (χ3n) is 4.43. The smallest absolute Gasteiger partial charge is 0.270 e. The Hall–Kier alpha value is -1.33. The number of H-pyrrole nitrogens is 1. The lowest BCUT2D eigenvalue weighted by molar-refractivity contribution is -0.0715. The van der Waals surface area contributed by atoms with Gasteiger partial charge in [-0.3, -0.25) is 9.69 Å². The van der Waals surface area contributed by atoms with Gasteiger partial charge in [-0.1, -0.05) is 0 Å². The average Bonchev–Trinajstić information content (AvgIpc) is 3.07. The van der Waals surface area contributed by atoms with Crippen LogP contribution in [0.2, 0.25) is 0 Å². The molecule has 2 fully saturated rings. The molecule has 0 spiro atoms. The molecule has 0 aliphatic carbocycles. The summed E-state index contributed by atoms with van der Waals surface area (Å²) in [5.41, 5.74) is 0.700. The molecule has 2 saturated heterocycles. The van der Waals surface area contributed by atoms with E-state index in [4.69, 9.17) is 4.74 Å². The zero-order chi connectivity index (χ0) is 14.8. The second-order valence-corrected chi connectivity index (χ2v) is 6.35. The lowest BCUT2D eigenvalue weighted by atomic mass is 10.1. The first kappa shape index (κ1) is 14.6. The van der Waals surface area contributed by atoms with Gasteiger partial charge in [-0.05, 0) is 38.8 Å². The van der Waals surface area contributed by atoms with Gasteiger partial charge in [0.2, 0.25) is 0 Å². The maximum absolute atomic E-state index is 12.5. The van der Waals surface area contributed by atoms with Crippen molar-refractivity contribution < 1.29 is 9.53 Å². The summed E-state index contributed by atoms with van der Waals surface area (Å²) in [6.45, 7) is 8.01. The van der Waals surface area contributed by atoms with Crippen LogP contribution < -0.4 is 0 Å². The van der Waals surface area contributed by atoms with Crippen molar-refractivity contribution in [1.82, 2.24) is 14.8 Å². The summed E-state index contributed by atoms with van der Waals surface area (Å²) in [6, 6.07) is 4.07. The van der Waals surface area contributed by atoms with Crippen LogP contribution >= 0.6 is 0 Å². The van der Waals surface area contributed by atoms with Gasteiger partial charge < -0.3 is 14.6 Å². The summed E-state index contributed by atoms with van der Waals surface area (Å²) < 4.78 is 5.79. The van der Waals surface area contributed by atoms with Crippen LogP contribution in [0.25, 0.3) is 0 Å². The molecule has 0 bridgehead atoms. The third kappa shape index (κ3) is 3.30. The second-order valence-electron chi connectivity index (χ2n) is 6.35. The van der Waals surface area contributed by atoms with Gasteiger partial charge in [0.15, 0.2) is 0 Å². The Kier molecular flexibility index (Phi) is 4.31. The highest BCUT2D eigenvalue weighted by molar-refractivity contribution is 5.92. The number of nitrogens with one attached hydrogen (secondary N) is 1. The molecule has 0 aromatic carbocycles. The molecular weight excluding hydrogens is 266 g/mol. The molecule has 1 aromatic heterocycles. The molecule has 5 nitrogen and oxygen atoms in total. The van der Waals surface area contributed by atoms with E-state index in [1.807, 2.05) is 23.2 Å². The van der Waals surface area contributed by atoms with E-state index in [-0.39, 0.29) is 18.1 Å². The van der Waals surface area contributed by atoms with Gasteiger partial charge in [-0.25, -0.2) is 0 Å². The number of amides is 1. The summed E-state index contributed by atoms with van der Waals surface area (Å²) in [7, 11) is 0. The maximum Gasteiger partial charge on any atom is 0.270 e. The highest BCUT2D eigenvalue weighted by Crippen LogP contribution is 2.22. The topological polar surface area (TPSA) is 48.6 Å². The van der Waals surface area contributed by atoms with Crippen LogP contribution in [0, 0.1) is 0 Å². The van der Waals surface area contributed by atoms with Crippen molar-refractivity contribution in [2.75, 3.05) is 26.2 Å². The number of carbonyl (C=O) groups is 1. The number of hydrogen-bond acceptors (Lipinski definition) is 3. The number of nitrogens with zero attached hydrogens (tertiary/aromatic N) is 2. The molecule has 1 amide bonds. The van der Waals surface area contributed by atoms with E-state index in [0.717, 1.165) is 39.0 Å². The molecule has 1 aromatic rings. The molecule has 21 heavy (non-hydrogen) atoms. The minimum atomic E-state index is 0.136. The first-order chi connectivity index (χ1) is 10.1. The quantitative estimate of drug-likeness (QED) is 0.922. The van der Waals surface area contributed by atoms with Gasteiger partial charge in [0.25, 0.3) is 5.91 Å². The van der Waals surface area contributed by atoms with E-state index in [9.17, 15) is 4.79 Å². The Morgan fingerprint density at radius 1 is 1.38 bits per heavy atom. The molecule has 5 heteroatoms. The van der Waals surface area contributed by atoms with Crippen molar-refractivity contribution >= 4 is 5.91 Å². The van der Waals surface area contributed by atoms with Crippen molar-refractivity contribution in [3.05, 3.63) is 24.0 Å². The number of morpholine rings is 1. The first-order valence-corrected chi connectivity index (χ1v) is 7.95. The van der Waals surface area contributed by atoms with E-state index in [1.54, 1.807) is 0 Å². The zero-order valence-electron chi connectivity index (χ0n) is 12.9. The van der Waals surface area contributed by atoms with Gasteiger partial charge in [-0.15, -0.1) is 0 Å². The van der Waals surface area contributed by atoms with Crippen LogP contribution in [0.15, 0.2) is 18.3 Å². The number of rotatable bonds is 3. The zero-order valence-corrected chi connectivity index (χ0v) is 12.9. The lowest BCUT2D eigenvalue weighted by Gasteiger charge is -2.38. The largest absolute Gasteiger partial charge is 0.373 e. The van der Waals surface area contributed by atoms with Crippen molar-refractivity contribution in [2.24, 2.45) is 0 Å². The Labute approximate surface area is 126 Å². The Morgan fingerprint density at radius 2 is 2.14 bits per heavy atom. The van der Waals surface area contributed by atoms with Crippen molar-refractivity contribution in [2.45, 2.75) is 44.9 Å². The molecule has 1 N–H and O–H groups in total. The monoisotopic (exact) mass is 291 g/mol. The highest BCUT2D eigenvalue weighted by Gasteiger charge is 2.33. The van der Waals surface area contributed by atoms with Gasteiger partial charge >= 0.3 is 0 Å². The minimum absolute atomic E-state index is 0.136. The number of aromatic amines is 1. The number of ether oxygens (including phenoxy) is 1. The van der Waals surface area contributed by atoms with Gasteiger partial charge in [0, 0.05) is 38.4 Å². The SMILES string of the molecule is CC1CN(CC2CCCN2C(=O)c2ccc[nH]2)CC(C)O1. The van der Waals surface area contributed by atoms with Crippen LogP contribution in [-0.4, -0.2) is 65.1 Å². The van der Waals surface area contributed by atoms with Gasteiger partial charge in [0.1, 0.15) is 5.69 Å². The molecule has 3 unspecified atom stereocenters. The minimum Gasteiger partial charge on any atom is -0.373 e. The summed E-state index contributed by atoms with van der Waals surface area (Å²) in [5.74, 6) is 0.136. The summed E-state index contributed by atoms with van der Waals surface area (Å²) >= 11 is 0. The fourth-order valence-corrected chi connectivity index (χ4v) is 3.64. The second kappa shape index (κ2) is 6.20. The highest BCUT2D eigenvalue weighted by atomic mass is 16.5. The van der Waals surface area contributed by atoms with Crippen LogP contribution in [0.5, 0.6) is 0 Å². The Morgan fingerprint density at radius 3 is 2.81 bits per heavy atom. The molecule has 116 valence electrons. The Bertz CT molecular complexity index is 464. The van der Waals surface area contributed by atoms with Crippen molar-refractivity contribution in [1.29, 1.82) is 0 Å². The van der Waals surface area contributed by atoms with Crippen molar-refractivity contribution in [3.8, 4) is 0 Å². The number of carbonyl (C=O) groups excluding carboxylic acids is 1. The van der Waals surface area contributed by atoms with E-state index >= 15 is 0 Å². The lowest BCUT2D eigenvalue weighted by Crippen LogP contribution is -2.51. The molecule has 0 radical (unpaired) electrons. The number of likely N-dealkylation sites (tertiary alicyclic amines) is 1. The predicted octanol–water partition coefficient (Wildman–Crippen LogP) is 1.73. The molecule has 3 atom stereocenters. The van der Waals surface area contributed by atoms with Crippen molar-refractivity contribution in [3.63, 3.8) is 0 Å². The fraction of sp³-hybridized carbons (Fsp3) is 0.688. The predicted molar refractivity (Wildman–Crippen MR) is 81.3 cm³/mol. The van der Waals surface area contributed by atoms with Crippen LogP contribution in [0.3, 0.4) is 0 Å².